The Hall–Kier alpha value is -0.600. The molecule has 0 unspecified atom stereocenters. The predicted molar refractivity (Wildman–Crippen MR) is 79.1 cm³/mol. The van der Waals surface area contributed by atoms with Gasteiger partial charge in [-0.1, -0.05) is 17.7 Å². The van der Waals surface area contributed by atoms with Gasteiger partial charge in [-0.05, 0) is 73.5 Å². The van der Waals surface area contributed by atoms with Crippen LogP contribution in [0.3, 0.4) is 0 Å². The van der Waals surface area contributed by atoms with Crippen molar-refractivity contribution >= 4 is 11.6 Å². The summed E-state index contributed by atoms with van der Waals surface area (Å²) in [7, 11) is 0. The fourth-order valence-electron chi connectivity index (χ4n) is 5.15. The number of hydrogen-bond donors (Lipinski definition) is 1. The molecule has 0 radical (unpaired) electrons. The zero-order chi connectivity index (χ0) is 13.7. The number of hydrogen-bond acceptors (Lipinski definition) is 1. The van der Waals surface area contributed by atoms with Crippen molar-refractivity contribution in [1.82, 2.24) is 5.32 Å². The summed E-state index contributed by atoms with van der Waals surface area (Å²) >= 11 is 6.12. The minimum Gasteiger partial charge on any atom is -0.309 e. The van der Waals surface area contributed by atoms with E-state index in [1.807, 2.05) is 0 Å². The van der Waals surface area contributed by atoms with Crippen LogP contribution in [-0.4, -0.2) is 6.04 Å². The maximum atomic E-state index is 13.1. The van der Waals surface area contributed by atoms with Crippen LogP contribution in [0.4, 0.5) is 4.39 Å². The summed E-state index contributed by atoms with van der Waals surface area (Å²) < 4.78 is 13.1. The molecule has 0 amide bonds. The van der Waals surface area contributed by atoms with Gasteiger partial charge in [-0.3, -0.25) is 0 Å². The van der Waals surface area contributed by atoms with E-state index in [2.05, 4.69) is 5.32 Å². The van der Waals surface area contributed by atoms with Gasteiger partial charge >= 0.3 is 0 Å². The van der Waals surface area contributed by atoms with Gasteiger partial charge in [-0.15, -0.1) is 0 Å². The van der Waals surface area contributed by atoms with Crippen molar-refractivity contribution in [2.75, 3.05) is 0 Å². The largest absolute Gasteiger partial charge is 0.309 e. The predicted octanol–water partition coefficient (Wildman–Crippen LogP) is 4.39. The first-order valence-electron chi connectivity index (χ1n) is 7.86. The first kappa shape index (κ1) is 13.1. The molecule has 1 aromatic carbocycles. The molecule has 3 heteroatoms. The van der Waals surface area contributed by atoms with Crippen LogP contribution >= 0.6 is 11.6 Å². The summed E-state index contributed by atoms with van der Waals surface area (Å²) in [5, 5.41) is 4.28. The van der Waals surface area contributed by atoms with Gasteiger partial charge in [0.1, 0.15) is 5.82 Å². The Kier molecular flexibility index (Phi) is 3.27. The second-order valence-corrected chi connectivity index (χ2v) is 7.48. The first-order chi connectivity index (χ1) is 9.69. The summed E-state index contributed by atoms with van der Waals surface area (Å²) in [5.74, 6) is 3.49. The monoisotopic (exact) mass is 293 g/mol. The molecule has 4 aliphatic rings. The van der Waals surface area contributed by atoms with E-state index in [0.29, 0.717) is 11.1 Å². The van der Waals surface area contributed by atoms with Crippen molar-refractivity contribution in [2.24, 2.45) is 23.7 Å². The quantitative estimate of drug-likeness (QED) is 0.871. The van der Waals surface area contributed by atoms with Crippen LogP contribution in [0.15, 0.2) is 18.2 Å². The van der Waals surface area contributed by atoms with Crippen LogP contribution in [0.25, 0.3) is 0 Å². The Morgan fingerprint density at radius 2 is 1.70 bits per heavy atom. The third kappa shape index (κ3) is 2.27. The first-order valence-corrected chi connectivity index (χ1v) is 8.24. The fourth-order valence-corrected chi connectivity index (χ4v) is 5.39. The molecule has 4 bridgehead atoms. The zero-order valence-corrected chi connectivity index (χ0v) is 12.4. The van der Waals surface area contributed by atoms with Gasteiger partial charge in [0.25, 0.3) is 0 Å². The molecule has 0 aliphatic heterocycles. The maximum absolute atomic E-state index is 13.1. The van der Waals surface area contributed by atoms with Crippen LogP contribution < -0.4 is 5.32 Å². The van der Waals surface area contributed by atoms with Crippen LogP contribution in [0.2, 0.25) is 5.02 Å². The molecule has 1 aromatic rings. The number of nitrogens with one attached hydrogen (secondary N) is 1. The average Bonchev–Trinajstić information content (AvgIpc) is 2.39. The molecule has 0 aromatic heterocycles. The standard InChI is InChI=1S/C17H21ClFN/c18-16-8-15(19)2-1-12(16)9-20-17-13-4-10-3-11(6-13)7-14(17)5-10/h1-2,8,10-11,13-14,17,20H,3-7,9H2. The Balaban J connectivity index is 1.44. The van der Waals surface area contributed by atoms with Gasteiger partial charge < -0.3 is 5.32 Å². The summed E-state index contributed by atoms with van der Waals surface area (Å²) in [4.78, 5) is 0. The number of halogens is 2. The number of benzene rings is 1. The second kappa shape index (κ2) is 4.99. The van der Waals surface area contributed by atoms with Crippen molar-refractivity contribution in [3.63, 3.8) is 0 Å². The van der Waals surface area contributed by atoms with Crippen LogP contribution in [0.1, 0.15) is 37.7 Å². The lowest BCUT2D eigenvalue weighted by Gasteiger charge is -2.54. The molecule has 0 atom stereocenters. The molecule has 1 nitrogen and oxygen atoms in total. The lowest BCUT2D eigenvalue weighted by atomic mass is 9.54. The summed E-state index contributed by atoms with van der Waals surface area (Å²) in [6, 6.07) is 5.37. The summed E-state index contributed by atoms with van der Waals surface area (Å²) in [6.45, 7) is 0.770. The lowest BCUT2D eigenvalue weighted by molar-refractivity contribution is -0.0142. The Morgan fingerprint density at radius 3 is 2.30 bits per heavy atom. The van der Waals surface area contributed by atoms with E-state index in [9.17, 15) is 4.39 Å². The van der Waals surface area contributed by atoms with E-state index in [0.717, 1.165) is 35.8 Å². The topological polar surface area (TPSA) is 12.0 Å². The molecule has 108 valence electrons. The Morgan fingerprint density at radius 1 is 1.05 bits per heavy atom. The van der Waals surface area contributed by atoms with E-state index in [1.165, 1.54) is 44.2 Å². The van der Waals surface area contributed by atoms with Crippen molar-refractivity contribution in [3.05, 3.63) is 34.6 Å². The number of rotatable bonds is 3. The molecule has 5 rings (SSSR count). The molecule has 20 heavy (non-hydrogen) atoms. The lowest BCUT2D eigenvalue weighted by Crippen LogP contribution is -2.54. The van der Waals surface area contributed by atoms with E-state index >= 15 is 0 Å². The Labute approximate surface area is 124 Å². The molecule has 0 saturated heterocycles. The second-order valence-electron chi connectivity index (χ2n) is 7.07. The zero-order valence-electron chi connectivity index (χ0n) is 11.6. The van der Waals surface area contributed by atoms with E-state index in [4.69, 9.17) is 11.6 Å². The SMILES string of the molecule is Fc1ccc(CNC2C3CC4CC(C3)CC2C4)c(Cl)c1. The highest BCUT2D eigenvalue weighted by molar-refractivity contribution is 6.31. The summed E-state index contributed by atoms with van der Waals surface area (Å²) in [5.41, 5.74) is 1.02. The molecule has 4 aliphatic carbocycles. The van der Waals surface area contributed by atoms with E-state index < -0.39 is 0 Å². The molecule has 0 heterocycles. The van der Waals surface area contributed by atoms with Crippen molar-refractivity contribution in [3.8, 4) is 0 Å². The van der Waals surface area contributed by atoms with Crippen LogP contribution in [0.5, 0.6) is 0 Å². The minimum atomic E-state index is -0.256. The molecule has 0 spiro atoms. The van der Waals surface area contributed by atoms with Gasteiger partial charge in [0.2, 0.25) is 0 Å². The highest BCUT2D eigenvalue weighted by Gasteiger charge is 2.47. The van der Waals surface area contributed by atoms with Crippen molar-refractivity contribution in [1.29, 1.82) is 0 Å². The van der Waals surface area contributed by atoms with E-state index in [1.54, 1.807) is 6.07 Å². The summed E-state index contributed by atoms with van der Waals surface area (Å²) in [6.07, 6.45) is 7.16. The van der Waals surface area contributed by atoms with Crippen molar-refractivity contribution in [2.45, 2.75) is 44.7 Å². The molecule has 4 fully saturated rings. The van der Waals surface area contributed by atoms with Gasteiger partial charge in [-0.2, -0.15) is 0 Å². The highest BCUT2D eigenvalue weighted by atomic mass is 35.5. The molecular weight excluding hydrogens is 273 g/mol. The highest BCUT2D eigenvalue weighted by Crippen LogP contribution is 2.53. The van der Waals surface area contributed by atoms with Gasteiger partial charge in [0.15, 0.2) is 0 Å². The average molecular weight is 294 g/mol. The molecular formula is C17H21ClFN. The molecule has 4 saturated carbocycles. The van der Waals surface area contributed by atoms with Crippen LogP contribution in [0, 0.1) is 29.5 Å². The fraction of sp³-hybridized carbons (Fsp3) is 0.647. The molecule has 1 N–H and O–H groups in total. The smallest absolute Gasteiger partial charge is 0.124 e. The van der Waals surface area contributed by atoms with Gasteiger partial charge in [0, 0.05) is 17.6 Å². The van der Waals surface area contributed by atoms with Crippen molar-refractivity contribution < 1.29 is 4.39 Å². The van der Waals surface area contributed by atoms with Gasteiger partial charge in [0.05, 0.1) is 0 Å². The normalized spacial score (nSPS) is 38.4. The maximum Gasteiger partial charge on any atom is 0.124 e. The minimum absolute atomic E-state index is 0.256. The third-order valence-corrected chi connectivity index (χ3v) is 6.12. The van der Waals surface area contributed by atoms with E-state index in [-0.39, 0.29) is 5.82 Å². The Bertz CT molecular complexity index is 488. The van der Waals surface area contributed by atoms with Gasteiger partial charge in [-0.25, -0.2) is 4.39 Å². The third-order valence-electron chi connectivity index (χ3n) is 5.77. The van der Waals surface area contributed by atoms with Crippen LogP contribution in [-0.2, 0) is 6.54 Å².